The fourth-order valence-electron chi connectivity index (χ4n) is 3.05. The molecule has 0 saturated carbocycles. The molecule has 1 unspecified atom stereocenters. The Bertz CT molecular complexity index is 506. The largest absolute Gasteiger partial charge is 0.493 e. The van der Waals surface area contributed by atoms with Crippen molar-refractivity contribution in [2.75, 3.05) is 59.2 Å². The van der Waals surface area contributed by atoms with Crippen LogP contribution in [0.4, 0.5) is 0 Å². The van der Waals surface area contributed by atoms with Crippen LogP contribution in [-0.4, -0.2) is 64.1 Å². The molecule has 1 aliphatic rings. The van der Waals surface area contributed by atoms with Gasteiger partial charge in [0.2, 0.25) is 5.75 Å². The Hall–Kier alpha value is -0.720. The smallest absolute Gasteiger partial charge is 0.203 e. The van der Waals surface area contributed by atoms with E-state index in [9.17, 15) is 0 Å². The van der Waals surface area contributed by atoms with E-state index in [-0.39, 0.29) is 4.75 Å². The highest BCUT2D eigenvalue weighted by molar-refractivity contribution is 8.06. The summed E-state index contributed by atoms with van der Waals surface area (Å²) in [7, 11) is 9.28. The minimum absolute atomic E-state index is 0.117. The van der Waals surface area contributed by atoms with E-state index in [1.807, 2.05) is 11.8 Å². The van der Waals surface area contributed by atoms with Crippen molar-refractivity contribution in [2.45, 2.75) is 17.6 Å². The van der Waals surface area contributed by atoms with Crippen molar-refractivity contribution in [3.63, 3.8) is 0 Å². The Morgan fingerprint density at radius 2 is 1.71 bits per heavy atom. The summed E-state index contributed by atoms with van der Waals surface area (Å²) >= 11 is 4.12. The lowest BCUT2D eigenvalue weighted by molar-refractivity contribution is 0.322. The van der Waals surface area contributed by atoms with Gasteiger partial charge in [-0.1, -0.05) is 0 Å². The molecule has 0 amide bonds. The third-order valence-corrected chi connectivity index (χ3v) is 7.49. The molecule has 4 nitrogen and oxygen atoms in total. The zero-order valence-electron chi connectivity index (χ0n) is 15.4. The first-order valence-corrected chi connectivity index (χ1v) is 10.4. The van der Waals surface area contributed by atoms with Crippen LogP contribution < -0.4 is 14.2 Å². The second-order valence-electron chi connectivity index (χ2n) is 6.22. The van der Waals surface area contributed by atoms with E-state index in [4.69, 9.17) is 14.2 Å². The van der Waals surface area contributed by atoms with Crippen molar-refractivity contribution in [2.24, 2.45) is 0 Å². The molecule has 1 saturated heterocycles. The third kappa shape index (κ3) is 4.46. The van der Waals surface area contributed by atoms with Crippen LogP contribution in [0.2, 0.25) is 0 Å². The van der Waals surface area contributed by atoms with E-state index in [1.165, 1.54) is 23.5 Å². The van der Waals surface area contributed by atoms with Crippen LogP contribution >= 0.6 is 23.5 Å². The Morgan fingerprint density at radius 3 is 2.17 bits per heavy atom. The topological polar surface area (TPSA) is 30.9 Å². The van der Waals surface area contributed by atoms with Crippen LogP contribution in [0.5, 0.6) is 17.2 Å². The Balaban J connectivity index is 2.38. The minimum atomic E-state index is 0.117. The summed E-state index contributed by atoms with van der Waals surface area (Å²) in [6.45, 7) is 1.11. The van der Waals surface area contributed by atoms with Crippen molar-refractivity contribution in [1.82, 2.24) is 4.90 Å². The molecule has 1 heterocycles. The lowest BCUT2D eigenvalue weighted by Crippen LogP contribution is -2.31. The predicted molar refractivity (Wildman–Crippen MR) is 105 cm³/mol. The summed E-state index contributed by atoms with van der Waals surface area (Å²) in [5, 5.41) is 0. The van der Waals surface area contributed by atoms with Gasteiger partial charge in [-0.05, 0) is 51.2 Å². The zero-order valence-corrected chi connectivity index (χ0v) is 17.0. The van der Waals surface area contributed by atoms with Gasteiger partial charge in [0.05, 0.1) is 26.1 Å². The predicted octanol–water partition coefficient (Wildman–Crippen LogP) is 3.73. The maximum absolute atomic E-state index is 5.57. The van der Waals surface area contributed by atoms with Gasteiger partial charge < -0.3 is 19.1 Å². The molecule has 1 aliphatic heterocycles. The number of benzene rings is 1. The second-order valence-corrected chi connectivity index (χ2v) is 8.80. The molecule has 6 heteroatoms. The van der Waals surface area contributed by atoms with Crippen LogP contribution in [0.3, 0.4) is 0 Å². The molecule has 0 bridgehead atoms. The van der Waals surface area contributed by atoms with Crippen molar-refractivity contribution in [3.05, 3.63) is 17.7 Å². The number of rotatable bonds is 8. The third-order valence-electron chi connectivity index (χ3n) is 4.32. The summed E-state index contributed by atoms with van der Waals surface area (Å²) in [6, 6.07) is 4.27. The summed E-state index contributed by atoms with van der Waals surface area (Å²) in [4.78, 5) is 2.25. The second kappa shape index (κ2) is 9.11. The van der Waals surface area contributed by atoms with E-state index in [0.717, 1.165) is 30.2 Å². The van der Waals surface area contributed by atoms with Crippen molar-refractivity contribution >= 4 is 23.5 Å². The molecule has 0 spiro atoms. The molecule has 2 rings (SSSR count). The SMILES string of the molecule is COc1cc(C2(CCCN(C)C)CSCCS2)cc(OC)c1OC. The lowest BCUT2D eigenvalue weighted by Gasteiger charge is -2.38. The summed E-state index contributed by atoms with van der Waals surface area (Å²) in [6.07, 6.45) is 2.33. The first-order chi connectivity index (χ1) is 11.6. The average molecular weight is 372 g/mol. The van der Waals surface area contributed by atoms with E-state index in [2.05, 4.69) is 42.9 Å². The van der Waals surface area contributed by atoms with Gasteiger partial charge in [-0.15, -0.1) is 11.8 Å². The van der Waals surface area contributed by atoms with Gasteiger partial charge in [0.25, 0.3) is 0 Å². The van der Waals surface area contributed by atoms with Crippen LogP contribution in [0.15, 0.2) is 12.1 Å². The lowest BCUT2D eigenvalue weighted by atomic mass is 9.93. The van der Waals surface area contributed by atoms with E-state index in [1.54, 1.807) is 21.3 Å². The summed E-state index contributed by atoms with van der Waals surface area (Å²) < 4.78 is 16.7. The van der Waals surface area contributed by atoms with Crippen molar-refractivity contribution in [3.8, 4) is 17.2 Å². The quantitative estimate of drug-likeness (QED) is 0.692. The van der Waals surface area contributed by atoms with Crippen molar-refractivity contribution in [1.29, 1.82) is 0 Å². The standard InChI is InChI=1S/C18H29NO3S2/c1-19(2)8-6-7-18(13-23-9-10-24-18)14-11-15(20-3)17(22-5)16(12-14)21-4/h11-12H,6-10,13H2,1-5H3. The monoisotopic (exact) mass is 371 g/mol. The van der Waals surface area contributed by atoms with Gasteiger partial charge in [0.15, 0.2) is 11.5 Å². The van der Waals surface area contributed by atoms with Crippen LogP contribution in [0.25, 0.3) is 0 Å². The molecule has 1 aromatic carbocycles. The van der Waals surface area contributed by atoms with E-state index < -0.39 is 0 Å². The number of methoxy groups -OCH3 is 3. The first kappa shape index (κ1) is 19.6. The molecule has 1 atom stereocenters. The molecular formula is C18H29NO3S2. The number of ether oxygens (including phenoxy) is 3. The fraction of sp³-hybridized carbons (Fsp3) is 0.667. The van der Waals surface area contributed by atoms with Gasteiger partial charge in [-0.25, -0.2) is 0 Å². The number of nitrogens with zero attached hydrogens (tertiary/aromatic N) is 1. The minimum Gasteiger partial charge on any atom is -0.493 e. The first-order valence-electron chi connectivity index (χ1n) is 8.23. The number of hydrogen-bond acceptors (Lipinski definition) is 6. The molecule has 0 N–H and O–H groups in total. The Kier molecular flexibility index (Phi) is 7.44. The molecule has 1 fully saturated rings. The van der Waals surface area contributed by atoms with Crippen molar-refractivity contribution < 1.29 is 14.2 Å². The molecule has 24 heavy (non-hydrogen) atoms. The Labute approximate surface area is 154 Å². The number of thioether (sulfide) groups is 2. The summed E-state index contributed by atoms with van der Waals surface area (Å²) in [5.74, 6) is 5.70. The maximum atomic E-state index is 5.57. The van der Waals surface area contributed by atoms with Crippen LogP contribution in [0.1, 0.15) is 18.4 Å². The average Bonchev–Trinajstić information content (AvgIpc) is 2.60. The van der Waals surface area contributed by atoms with Gasteiger partial charge in [-0.2, -0.15) is 11.8 Å². The highest BCUT2D eigenvalue weighted by Gasteiger charge is 2.36. The fourth-order valence-corrected chi connectivity index (χ4v) is 6.19. The summed E-state index contributed by atoms with van der Waals surface area (Å²) in [5.41, 5.74) is 1.29. The molecule has 0 radical (unpaired) electrons. The molecular weight excluding hydrogens is 342 g/mol. The molecule has 1 aromatic rings. The van der Waals surface area contributed by atoms with Crippen LogP contribution in [0, 0.1) is 0 Å². The Morgan fingerprint density at radius 1 is 1.04 bits per heavy atom. The normalized spacial score (nSPS) is 20.9. The molecule has 0 aliphatic carbocycles. The number of hydrogen-bond donors (Lipinski definition) is 0. The molecule has 0 aromatic heterocycles. The van der Waals surface area contributed by atoms with Gasteiger partial charge in [-0.3, -0.25) is 0 Å². The van der Waals surface area contributed by atoms with E-state index >= 15 is 0 Å². The zero-order chi connectivity index (χ0) is 17.6. The highest BCUT2D eigenvalue weighted by atomic mass is 32.2. The highest BCUT2D eigenvalue weighted by Crippen LogP contribution is 2.50. The van der Waals surface area contributed by atoms with Gasteiger partial charge in [0.1, 0.15) is 0 Å². The van der Waals surface area contributed by atoms with Crippen LogP contribution in [-0.2, 0) is 4.75 Å². The van der Waals surface area contributed by atoms with Gasteiger partial charge >= 0.3 is 0 Å². The molecule has 136 valence electrons. The van der Waals surface area contributed by atoms with Gasteiger partial charge in [0, 0.05) is 17.3 Å². The maximum Gasteiger partial charge on any atom is 0.203 e. The van der Waals surface area contributed by atoms with E-state index in [0.29, 0.717) is 5.75 Å².